The van der Waals surface area contributed by atoms with Crippen LogP contribution < -0.4 is 20.5 Å². The number of ether oxygens (including phenoxy) is 2. The minimum Gasteiger partial charge on any atom is -0.497 e. The third kappa shape index (κ3) is 3.38. The summed E-state index contributed by atoms with van der Waals surface area (Å²) >= 11 is 5.91. The highest BCUT2D eigenvalue weighted by Crippen LogP contribution is 2.29. The number of nitrogens with two attached hydrogens (primary N) is 1. The highest BCUT2D eigenvalue weighted by atomic mass is 35.5. The Morgan fingerprint density at radius 1 is 1.14 bits per heavy atom. The predicted molar refractivity (Wildman–Crippen MR) is 83.4 cm³/mol. The van der Waals surface area contributed by atoms with Gasteiger partial charge in [-0.2, -0.15) is 0 Å². The molecule has 0 saturated carbocycles. The Labute approximate surface area is 127 Å². The summed E-state index contributed by atoms with van der Waals surface area (Å²) in [6.07, 6.45) is 0. The van der Waals surface area contributed by atoms with Gasteiger partial charge in [-0.05, 0) is 30.3 Å². The summed E-state index contributed by atoms with van der Waals surface area (Å²) in [4.78, 5) is 12.2. The summed E-state index contributed by atoms with van der Waals surface area (Å²) in [7, 11) is 3.08. The molecule has 6 heteroatoms. The van der Waals surface area contributed by atoms with Crippen LogP contribution in [0.25, 0.3) is 0 Å². The quantitative estimate of drug-likeness (QED) is 0.851. The van der Waals surface area contributed by atoms with E-state index in [2.05, 4.69) is 5.32 Å². The van der Waals surface area contributed by atoms with Gasteiger partial charge in [0.2, 0.25) is 0 Å². The Bertz CT molecular complexity index is 674. The van der Waals surface area contributed by atoms with E-state index in [1.54, 1.807) is 37.4 Å². The van der Waals surface area contributed by atoms with E-state index in [0.717, 1.165) is 0 Å². The molecule has 0 atom stereocenters. The van der Waals surface area contributed by atoms with Gasteiger partial charge in [-0.15, -0.1) is 0 Å². The van der Waals surface area contributed by atoms with Gasteiger partial charge >= 0.3 is 0 Å². The summed E-state index contributed by atoms with van der Waals surface area (Å²) in [5.41, 5.74) is 7.00. The molecule has 21 heavy (non-hydrogen) atoms. The lowest BCUT2D eigenvalue weighted by atomic mass is 10.2. The first-order valence-corrected chi connectivity index (χ1v) is 6.51. The normalized spacial score (nSPS) is 10.0. The zero-order chi connectivity index (χ0) is 15.4. The number of hydrogen-bond donors (Lipinski definition) is 2. The number of nitrogen functional groups attached to an aromatic ring is 1. The van der Waals surface area contributed by atoms with Crippen molar-refractivity contribution in [3.05, 3.63) is 47.0 Å². The molecule has 0 fully saturated rings. The number of hydrogen-bond acceptors (Lipinski definition) is 4. The van der Waals surface area contributed by atoms with Crippen molar-refractivity contribution in [2.24, 2.45) is 0 Å². The first kappa shape index (κ1) is 15.0. The van der Waals surface area contributed by atoms with Crippen LogP contribution in [0.5, 0.6) is 11.5 Å². The lowest BCUT2D eigenvalue weighted by Gasteiger charge is -2.12. The van der Waals surface area contributed by atoms with Crippen LogP contribution in [0.15, 0.2) is 36.4 Å². The number of anilines is 2. The molecular weight excluding hydrogens is 292 g/mol. The minimum atomic E-state index is -0.305. The van der Waals surface area contributed by atoms with Crippen LogP contribution in [0.2, 0.25) is 5.02 Å². The van der Waals surface area contributed by atoms with Crippen molar-refractivity contribution in [3.63, 3.8) is 0 Å². The van der Waals surface area contributed by atoms with Gasteiger partial charge in [0, 0.05) is 11.6 Å². The molecule has 0 unspecified atom stereocenters. The zero-order valence-corrected chi connectivity index (χ0v) is 12.4. The van der Waals surface area contributed by atoms with E-state index >= 15 is 0 Å². The number of carbonyl (C=O) groups excluding carboxylic acids is 1. The fourth-order valence-electron chi connectivity index (χ4n) is 1.76. The molecule has 0 aliphatic carbocycles. The Morgan fingerprint density at radius 2 is 1.90 bits per heavy atom. The third-order valence-corrected chi connectivity index (χ3v) is 3.25. The molecule has 1 amide bonds. The topological polar surface area (TPSA) is 73.6 Å². The monoisotopic (exact) mass is 306 g/mol. The second-order valence-corrected chi connectivity index (χ2v) is 4.66. The maximum absolute atomic E-state index is 12.2. The highest BCUT2D eigenvalue weighted by Gasteiger charge is 2.11. The molecule has 3 N–H and O–H groups in total. The number of halogens is 1. The Kier molecular flexibility index (Phi) is 4.55. The molecule has 0 aromatic heterocycles. The van der Waals surface area contributed by atoms with Gasteiger partial charge < -0.3 is 20.5 Å². The summed E-state index contributed by atoms with van der Waals surface area (Å²) in [5, 5.41) is 3.09. The SMILES string of the molecule is COc1ccc(NC(=O)c2ccc(N)c(Cl)c2)c(OC)c1. The van der Waals surface area contributed by atoms with Gasteiger partial charge in [-0.3, -0.25) is 4.79 Å². The van der Waals surface area contributed by atoms with E-state index in [1.165, 1.54) is 13.2 Å². The molecule has 2 rings (SSSR count). The van der Waals surface area contributed by atoms with Crippen molar-refractivity contribution in [1.29, 1.82) is 0 Å². The standard InChI is InChI=1S/C15H15ClN2O3/c1-20-10-4-6-13(14(8-10)21-2)18-15(19)9-3-5-12(17)11(16)7-9/h3-8H,17H2,1-2H3,(H,18,19). The van der Waals surface area contributed by atoms with Crippen molar-refractivity contribution in [1.82, 2.24) is 0 Å². The highest BCUT2D eigenvalue weighted by molar-refractivity contribution is 6.33. The zero-order valence-electron chi connectivity index (χ0n) is 11.6. The summed E-state index contributed by atoms with van der Waals surface area (Å²) < 4.78 is 10.3. The lowest BCUT2D eigenvalue weighted by Crippen LogP contribution is -2.12. The molecule has 0 saturated heterocycles. The summed E-state index contributed by atoms with van der Waals surface area (Å²) in [6.45, 7) is 0. The number of rotatable bonds is 4. The van der Waals surface area contributed by atoms with E-state index in [0.29, 0.717) is 33.5 Å². The van der Waals surface area contributed by atoms with Gasteiger partial charge in [0.25, 0.3) is 5.91 Å². The first-order chi connectivity index (χ1) is 10.0. The fourth-order valence-corrected chi connectivity index (χ4v) is 1.95. The summed E-state index contributed by atoms with van der Waals surface area (Å²) in [5.74, 6) is 0.838. The smallest absolute Gasteiger partial charge is 0.255 e. The van der Waals surface area contributed by atoms with Crippen LogP contribution in [0.3, 0.4) is 0 Å². The van der Waals surface area contributed by atoms with E-state index in [-0.39, 0.29) is 5.91 Å². The molecule has 2 aromatic rings. The molecule has 2 aromatic carbocycles. The van der Waals surface area contributed by atoms with Crippen molar-refractivity contribution >= 4 is 28.9 Å². The maximum Gasteiger partial charge on any atom is 0.255 e. The predicted octanol–water partition coefficient (Wildman–Crippen LogP) is 3.19. The lowest BCUT2D eigenvalue weighted by molar-refractivity contribution is 0.102. The van der Waals surface area contributed by atoms with Crippen LogP contribution >= 0.6 is 11.6 Å². The minimum absolute atomic E-state index is 0.305. The van der Waals surface area contributed by atoms with Gasteiger partial charge in [0.1, 0.15) is 11.5 Å². The molecule has 0 aliphatic rings. The second-order valence-electron chi connectivity index (χ2n) is 4.26. The number of benzene rings is 2. The molecule has 0 heterocycles. The van der Waals surface area contributed by atoms with Gasteiger partial charge in [0.15, 0.2) is 0 Å². The average molecular weight is 307 g/mol. The van der Waals surface area contributed by atoms with Crippen molar-refractivity contribution in [2.45, 2.75) is 0 Å². The number of carbonyl (C=O) groups is 1. The fraction of sp³-hybridized carbons (Fsp3) is 0.133. The third-order valence-electron chi connectivity index (χ3n) is 2.92. The average Bonchev–Trinajstić information content (AvgIpc) is 2.50. The first-order valence-electron chi connectivity index (χ1n) is 6.13. The van der Waals surface area contributed by atoms with Gasteiger partial charge in [-0.25, -0.2) is 0 Å². The Hall–Kier alpha value is -2.40. The molecule has 5 nitrogen and oxygen atoms in total. The van der Waals surface area contributed by atoms with Crippen molar-refractivity contribution < 1.29 is 14.3 Å². The number of nitrogens with one attached hydrogen (secondary N) is 1. The Balaban J connectivity index is 2.24. The van der Waals surface area contributed by atoms with E-state index in [4.69, 9.17) is 26.8 Å². The number of methoxy groups -OCH3 is 2. The van der Waals surface area contributed by atoms with Crippen LogP contribution in [0, 0.1) is 0 Å². The van der Waals surface area contributed by atoms with Crippen LogP contribution in [0.1, 0.15) is 10.4 Å². The van der Waals surface area contributed by atoms with Gasteiger partial charge in [0.05, 0.1) is 30.6 Å². The molecule has 0 aliphatic heterocycles. The molecule has 0 bridgehead atoms. The largest absolute Gasteiger partial charge is 0.497 e. The second kappa shape index (κ2) is 6.37. The molecule has 0 radical (unpaired) electrons. The summed E-state index contributed by atoms with van der Waals surface area (Å²) in [6, 6.07) is 9.82. The van der Waals surface area contributed by atoms with E-state index in [1.807, 2.05) is 0 Å². The van der Waals surface area contributed by atoms with Crippen molar-refractivity contribution in [2.75, 3.05) is 25.3 Å². The van der Waals surface area contributed by atoms with E-state index in [9.17, 15) is 4.79 Å². The maximum atomic E-state index is 12.2. The van der Waals surface area contributed by atoms with E-state index < -0.39 is 0 Å². The Morgan fingerprint density at radius 3 is 2.52 bits per heavy atom. The molecule has 0 spiro atoms. The van der Waals surface area contributed by atoms with Crippen LogP contribution in [0.4, 0.5) is 11.4 Å². The number of amides is 1. The van der Waals surface area contributed by atoms with Crippen LogP contribution in [-0.4, -0.2) is 20.1 Å². The molecular formula is C15H15ClN2O3. The van der Waals surface area contributed by atoms with Gasteiger partial charge in [-0.1, -0.05) is 11.6 Å². The molecule has 110 valence electrons. The van der Waals surface area contributed by atoms with Crippen molar-refractivity contribution in [3.8, 4) is 11.5 Å². The van der Waals surface area contributed by atoms with Crippen LogP contribution in [-0.2, 0) is 0 Å².